The van der Waals surface area contributed by atoms with Gasteiger partial charge in [0.1, 0.15) is 11.6 Å². The molecule has 1 atom stereocenters. The molecule has 0 aliphatic rings. The van der Waals surface area contributed by atoms with Gasteiger partial charge in [-0.25, -0.2) is 9.59 Å². The lowest BCUT2D eigenvalue weighted by Crippen LogP contribution is -2.49. The second kappa shape index (κ2) is 9.46. The van der Waals surface area contributed by atoms with Crippen molar-refractivity contribution in [2.45, 2.75) is 46.3 Å². The Balaban J connectivity index is 2.78. The normalized spacial score (nSPS) is 12.2. The highest BCUT2D eigenvalue weighted by Gasteiger charge is 2.25. The Labute approximate surface area is 153 Å². The Morgan fingerprint density at radius 2 is 1.80 bits per heavy atom. The van der Waals surface area contributed by atoms with Crippen molar-refractivity contribution in [2.24, 2.45) is 0 Å². The average molecular weight is 366 g/mol. The van der Waals surface area contributed by atoms with Gasteiger partial charge >= 0.3 is 12.0 Å². The molecule has 1 N–H and O–H groups in total. The molecule has 0 spiro atoms. The van der Waals surface area contributed by atoms with E-state index in [0.29, 0.717) is 18.0 Å². The minimum atomic E-state index is -0.779. The maximum absolute atomic E-state index is 12.6. The van der Waals surface area contributed by atoms with Crippen LogP contribution in [0, 0.1) is 0 Å². The summed E-state index contributed by atoms with van der Waals surface area (Å²) in [6, 6.07) is 7.92. The number of nitrogens with zero attached hydrogens (tertiary/aromatic N) is 1. The van der Waals surface area contributed by atoms with E-state index in [4.69, 9.17) is 4.74 Å². The zero-order valence-corrected chi connectivity index (χ0v) is 16.2. The van der Waals surface area contributed by atoms with Gasteiger partial charge < -0.3 is 10.1 Å². The summed E-state index contributed by atoms with van der Waals surface area (Å²) in [7, 11) is 0. The van der Waals surface area contributed by atoms with Gasteiger partial charge in [-0.05, 0) is 39.8 Å². The highest BCUT2D eigenvalue weighted by molar-refractivity contribution is 8.13. The minimum Gasteiger partial charge on any atom is -0.458 e. The lowest BCUT2D eigenvalue weighted by Gasteiger charge is -2.26. The van der Waals surface area contributed by atoms with Crippen molar-refractivity contribution in [1.29, 1.82) is 0 Å². The molecule has 0 unspecified atom stereocenters. The van der Waals surface area contributed by atoms with Crippen molar-refractivity contribution in [3.8, 4) is 0 Å². The number of anilines is 1. The summed E-state index contributed by atoms with van der Waals surface area (Å²) in [5.74, 6) is -0.0228. The molecule has 0 heterocycles. The van der Waals surface area contributed by atoms with Gasteiger partial charge in [0.15, 0.2) is 5.12 Å². The molecular weight excluding hydrogens is 340 g/mol. The number of ether oxygens (including phenoxy) is 1. The second-order valence-corrected chi connectivity index (χ2v) is 7.80. The number of benzene rings is 1. The molecule has 0 saturated carbocycles. The summed E-state index contributed by atoms with van der Waals surface area (Å²) in [5, 5.41) is 2.65. The molecule has 2 amide bonds. The van der Waals surface area contributed by atoms with E-state index in [1.54, 1.807) is 39.8 Å². The number of carbonyl (C=O) groups is 3. The van der Waals surface area contributed by atoms with Gasteiger partial charge in [-0.3, -0.25) is 9.69 Å². The van der Waals surface area contributed by atoms with Gasteiger partial charge in [-0.2, -0.15) is 0 Å². The Hall–Kier alpha value is -2.02. The number of urea groups is 1. The highest BCUT2D eigenvalue weighted by Crippen LogP contribution is 2.15. The Morgan fingerprint density at radius 3 is 2.32 bits per heavy atom. The van der Waals surface area contributed by atoms with Gasteiger partial charge in [-0.1, -0.05) is 30.0 Å². The molecule has 0 aliphatic carbocycles. The van der Waals surface area contributed by atoms with Crippen molar-refractivity contribution in [2.75, 3.05) is 17.2 Å². The predicted octanol–water partition coefficient (Wildman–Crippen LogP) is 3.21. The minimum absolute atomic E-state index is 0.00413. The molecule has 1 aromatic carbocycles. The van der Waals surface area contributed by atoms with Crippen LogP contribution in [-0.2, 0) is 14.3 Å². The molecule has 7 heteroatoms. The van der Waals surface area contributed by atoms with E-state index in [2.05, 4.69) is 5.32 Å². The number of carbonyl (C=O) groups excluding carboxylic acids is 3. The van der Waals surface area contributed by atoms with Gasteiger partial charge in [-0.15, -0.1) is 0 Å². The largest absolute Gasteiger partial charge is 0.458 e. The third-order valence-electron chi connectivity index (χ3n) is 3.03. The molecule has 138 valence electrons. The first-order valence-corrected chi connectivity index (χ1v) is 9.08. The smallest absolute Gasteiger partial charge is 0.328 e. The average Bonchev–Trinajstić information content (AvgIpc) is 2.50. The van der Waals surface area contributed by atoms with Crippen molar-refractivity contribution in [3.63, 3.8) is 0 Å². The number of thioether (sulfide) groups is 1. The van der Waals surface area contributed by atoms with Gasteiger partial charge in [0, 0.05) is 24.9 Å². The molecule has 1 rings (SSSR count). The molecule has 0 radical (unpaired) electrons. The van der Waals surface area contributed by atoms with Crippen molar-refractivity contribution in [3.05, 3.63) is 30.3 Å². The molecule has 0 saturated heterocycles. The topological polar surface area (TPSA) is 75.7 Å². The first-order chi connectivity index (χ1) is 11.6. The van der Waals surface area contributed by atoms with Gasteiger partial charge in [0.2, 0.25) is 0 Å². The van der Waals surface area contributed by atoms with Crippen LogP contribution >= 0.6 is 11.8 Å². The Morgan fingerprint density at radius 1 is 1.20 bits per heavy atom. The van der Waals surface area contributed by atoms with Gasteiger partial charge in [0.05, 0.1) is 0 Å². The number of amides is 2. The standard InChI is InChI=1S/C18H26N2O4S/c1-13(16(22)24-18(3,4)5)19-17(23)20(11-12-25-14(2)21)15-9-7-6-8-10-15/h6-10,13H,11-12H2,1-5H3,(H,19,23)/t13-/m0/s1. The summed E-state index contributed by atoms with van der Waals surface area (Å²) >= 11 is 1.15. The third kappa shape index (κ3) is 8.07. The molecular formula is C18H26N2O4S. The maximum Gasteiger partial charge on any atom is 0.328 e. The summed E-state index contributed by atoms with van der Waals surface area (Å²) in [4.78, 5) is 37.3. The van der Waals surface area contributed by atoms with Crippen LogP contribution < -0.4 is 10.2 Å². The number of esters is 1. The third-order valence-corrected chi connectivity index (χ3v) is 3.83. The fourth-order valence-electron chi connectivity index (χ4n) is 1.95. The summed E-state index contributed by atoms with van der Waals surface area (Å²) in [6.45, 7) is 8.74. The van der Waals surface area contributed by atoms with Crippen LogP contribution in [0.1, 0.15) is 34.6 Å². The number of hydrogen-bond acceptors (Lipinski definition) is 5. The van der Waals surface area contributed by atoms with Crippen molar-refractivity contribution < 1.29 is 19.1 Å². The summed E-state index contributed by atoms with van der Waals surface area (Å²) in [6.07, 6.45) is 0. The maximum atomic E-state index is 12.6. The van der Waals surface area contributed by atoms with Gasteiger partial charge in [0.25, 0.3) is 0 Å². The van der Waals surface area contributed by atoms with Crippen LogP contribution in [0.15, 0.2) is 30.3 Å². The number of rotatable bonds is 6. The summed E-state index contributed by atoms with van der Waals surface area (Å²) in [5.41, 5.74) is 0.0772. The zero-order valence-electron chi connectivity index (χ0n) is 15.4. The van der Waals surface area contributed by atoms with Crippen LogP contribution in [0.3, 0.4) is 0 Å². The quantitative estimate of drug-likeness (QED) is 0.783. The van der Waals surface area contributed by atoms with Crippen LogP contribution in [0.4, 0.5) is 10.5 Å². The second-order valence-electron chi connectivity index (χ2n) is 6.53. The van der Waals surface area contributed by atoms with E-state index in [1.165, 1.54) is 11.8 Å². The molecule has 0 aromatic heterocycles. The van der Waals surface area contributed by atoms with Crippen LogP contribution in [-0.4, -0.2) is 41.1 Å². The molecule has 6 nitrogen and oxygen atoms in total. The van der Waals surface area contributed by atoms with E-state index in [9.17, 15) is 14.4 Å². The van der Waals surface area contributed by atoms with E-state index in [0.717, 1.165) is 11.8 Å². The summed E-state index contributed by atoms with van der Waals surface area (Å²) < 4.78 is 5.28. The molecule has 1 aromatic rings. The zero-order chi connectivity index (χ0) is 19.0. The van der Waals surface area contributed by atoms with Crippen LogP contribution in [0.25, 0.3) is 0 Å². The van der Waals surface area contributed by atoms with Crippen LogP contribution in [0.2, 0.25) is 0 Å². The molecule has 25 heavy (non-hydrogen) atoms. The predicted molar refractivity (Wildman–Crippen MR) is 101 cm³/mol. The first kappa shape index (κ1) is 21.0. The number of para-hydroxylation sites is 1. The molecule has 0 bridgehead atoms. The Bertz CT molecular complexity index is 599. The highest BCUT2D eigenvalue weighted by atomic mass is 32.2. The van der Waals surface area contributed by atoms with E-state index in [-0.39, 0.29) is 5.12 Å². The first-order valence-electron chi connectivity index (χ1n) is 8.09. The SMILES string of the molecule is CC(=O)SCCN(C(=O)N[C@@H](C)C(=O)OC(C)(C)C)c1ccccc1. The fourth-order valence-corrected chi connectivity index (χ4v) is 2.51. The monoisotopic (exact) mass is 366 g/mol. The lowest BCUT2D eigenvalue weighted by atomic mass is 10.2. The van der Waals surface area contributed by atoms with E-state index in [1.807, 2.05) is 18.2 Å². The van der Waals surface area contributed by atoms with Crippen molar-refractivity contribution >= 4 is 34.6 Å². The lowest BCUT2D eigenvalue weighted by molar-refractivity contribution is -0.156. The number of nitrogens with one attached hydrogen (secondary N) is 1. The molecule has 0 aliphatic heterocycles. The van der Waals surface area contributed by atoms with Crippen molar-refractivity contribution in [1.82, 2.24) is 5.32 Å². The number of hydrogen-bond donors (Lipinski definition) is 1. The van der Waals surface area contributed by atoms with E-state index >= 15 is 0 Å². The Kier molecular flexibility index (Phi) is 7.96. The van der Waals surface area contributed by atoms with E-state index < -0.39 is 23.6 Å². The van der Waals surface area contributed by atoms with Crippen LogP contribution in [0.5, 0.6) is 0 Å². The fraction of sp³-hybridized carbons (Fsp3) is 0.500. The molecule has 0 fully saturated rings.